The zero-order chi connectivity index (χ0) is 26.2. The highest BCUT2D eigenvalue weighted by Gasteiger charge is 2.34. The van der Waals surface area contributed by atoms with Crippen molar-refractivity contribution >= 4 is 17.6 Å². The minimum atomic E-state index is -0.542. The van der Waals surface area contributed by atoms with Crippen molar-refractivity contribution in [3.8, 4) is 17.7 Å². The Labute approximate surface area is 210 Å². The van der Waals surface area contributed by atoms with Crippen LogP contribution in [0.3, 0.4) is 0 Å². The Bertz CT molecular complexity index is 1150. The van der Waals surface area contributed by atoms with Crippen LogP contribution in [0.5, 0.6) is 5.88 Å². The Kier molecular flexibility index (Phi) is 9.22. The van der Waals surface area contributed by atoms with Crippen molar-refractivity contribution in [3.63, 3.8) is 0 Å². The van der Waals surface area contributed by atoms with Gasteiger partial charge in [-0.15, -0.1) is 0 Å². The maximum absolute atomic E-state index is 14.0. The summed E-state index contributed by atoms with van der Waals surface area (Å²) < 4.78 is 25.1. The van der Waals surface area contributed by atoms with Gasteiger partial charge in [0.1, 0.15) is 24.1 Å². The smallest absolute Gasteiger partial charge is 0.321 e. The number of ether oxygens (including phenoxy) is 2. The van der Waals surface area contributed by atoms with Crippen LogP contribution in [0.25, 0.3) is 0 Å². The monoisotopic (exact) mass is 498 g/mol. The molecule has 0 fully saturated rings. The second-order valence-electron chi connectivity index (χ2n) is 8.72. The first-order valence-electron chi connectivity index (χ1n) is 11.6. The predicted octanol–water partition coefficient (Wildman–Crippen LogP) is 2.60. The fourth-order valence-corrected chi connectivity index (χ4v) is 3.72. The second-order valence-corrected chi connectivity index (χ2v) is 8.72. The number of para-hydroxylation sites is 1. The molecule has 2 N–H and O–H groups in total. The van der Waals surface area contributed by atoms with Gasteiger partial charge >= 0.3 is 6.03 Å². The molecule has 0 unspecified atom stereocenters. The Morgan fingerprint density at radius 2 is 2.19 bits per heavy atom. The molecule has 3 amide bonds. The van der Waals surface area contributed by atoms with Crippen molar-refractivity contribution < 1.29 is 28.6 Å². The number of carbonyl (C=O) groups excluding carboxylic acids is 2. The number of aromatic nitrogens is 1. The fourth-order valence-electron chi connectivity index (χ4n) is 3.72. The molecule has 1 aromatic carbocycles. The Balaban J connectivity index is 1.88. The molecule has 0 saturated carbocycles. The van der Waals surface area contributed by atoms with Crippen LogP contribution in [0.4, 0.5) is 14.9 Å². The van der Waals surface area contributed by atoms with Crippen LogP contribution in [-0.4, -0.2) is 84.4 Å². The van der Waals surface area contributed by atoms with Crippen molar-refractivity contribution in [2.45, 2.75) is 26.0 Å². The lowest BCUT2D eigenvalue weighted by molar-refractivity contribution is 0.0356. The predicted molar refractivity (Wildman–Crippen MR) is 132 cm³/mol. The third-order valence-electron chi connectivity index (χ3n) is 5.89. The summed E-state index contributed by atoms with van der Waals surface area (Å²) in [7, 11) is 3.11. The van der Waals surface area contributed by atoms with E-state index in [4.69, 9.17) is 9.47 Å². The summed E-state index contributed by atoms with van der Waals surface area (Å²) in [5.41, 5.74) is 0.810. The molecule has 36 heavy (non-hydrogen) atoms. The molecule has 1 aliphatic rings. The van der Waals surface area contributed by atoms with Crippen LogP contribution in [0, 0.1) is 23.6 Å². The molecular weight excluding hydrogens is 467 g/mol. The van der Waals surface area contributed by atoms with Gasteiger partial charge < -0.3 is 29.7 Å². The number of anilines is 1. The van der Waals surface area contributed by atoms with Crippen LogP contribution in [-0.2, 0) is 4.74 Å². The first kappa shape index (κ1) is 26.9. The van der Waals surface area contributed by atoms with Gasteiger partial charge in [0.2, 0.25) is 5.88 Å². The Hall–Kier alpha value is -3.68. The number of hydrogen-bond donors (Lipinski definition) is 2. The molecular formula is C26H31FN4O5. The molecule has 2 aromatic rings. The number of hydrogen-bond acceptors (Lipinski definition) is 6. The van der Waals surface area contributed by atoms with Gasteiger partial charge in [-0.3, -0.25) is 4.79 Å². The summed E-state index contributed by atoms with van der Waals surface area (Å²) in [5.74, 6) is 4.76. The molecule has 1 aromatic heterocycles. The standard InChI is InChI=1S/C26H31FN4O5/c1-17-14-31(18(2)16-32)25(33)20-12-19(8-7-11-35-4)13-28-24(20)36-23(17)15-30(3)26(34)29-22-10-6-5-9-21(22)27/h5-6,9-10,12-13,17-18,23,32H,11,14-16H2,1-4H3,(H,29,34)/t17-,18-,23-/m1/s1. The number of rotatable bonds is 6. The van der Waals surface area contributed by atoms with Crippen molar-refractivity contribution in [2.24, 2.45) is 5.92 Å². The first-order chi connectivity index (χ1) is 17.2. The van der Waals surface area contributed by atoms with E-state index in [2.05, 4.69) is 22.1 Å². The van der Waals surface area contributed by atoms with Gasteiger partial charge in [-0.1, -0.05) is 30.9 Å². The fraction of sp³-hybridized carbons (Fsp3) is 0.423. The number of methoxy groups -OCH3 is 1. The van der Waals surface area contributed by atoms with Crippen molar-refractivity contribution in [2.75, 3.05) is 45.8 Å². The van der Waals surface area contributed by atoms with E-state index in [1.54, 1.807) is 31.0 Å². The molecule has 192 valence electrons. The first-order valence-corrected chi connectivity index (χ1v) is 11.6. The van der Waals surface area contributed by atoms with Gasteiger partial charge in [-0.2, -0.15) is 0 Å². The number of nitrogens with zero attached hydrogens (tertiary/aromatic N) is 3. The van der Waals surface area contributed by atoms with E-state index in [1.807, 2.05) is 6.92 Å². The number of amides is 3. The summed E-state index contributed by atoms with van der Waals surface area (Å²) in [5, 5.41) is 12.3. The summed E-state index contributed by atoms with van der Waals surface area (Å²) in [4.78, 5) is 33.4. The van der Waals surface area contributed by atoms with Gasteiger partial charge in [-0.05, 0) is 25.1 Å². The Morgan fingerprint density at radius 1 is 1.44 bits per heavy atom. The van der Waals surface area contributed by atoms with E-state index >= 15 is 0 Å². The molecule has 0 aliphatic carbocycles. The Morgan fingerprint density at radius 3 is 2.89 bits per heavy atom. The summed E-state index contributed by atoms with van der Waals surface area (Å²) in [6, 6.07) is 6.56. The average molecular weight is 499 g/mol. The molecule has 3 rings (SSSR count). The zero-order valence-corrected chi connectivity index (χ0v) is 20.8. The number of fused-ring (bicyclic) bond motifs is 1. The second kappa shape index (κ2) is 12.3. The highest BCUT2D eigenvalue weighted by Crippen LogP contribution is 2.27. The van der Waals surface area contributed by atoms with E-state index in [-0.39, 0.29) is 55.3 Å². The van der Waals surface area contributed by atoms with Crippen LogP contribution in [0.1, 0.15) is 29.8 Å². The molecule has 10 heteroatoms. The summed E-state index contributed by atoms with van der Waals surface area (Å²) >= 11 is 0. The molecule has 0 bridgehead atoms. The van der Waals surface area contributed by atoms with Crippen LogP contribution < -0.4 is 10.1 Å². The van der Waals surface area contributed by atoms with E-state index in [9.17, 15) is 19.1 Å². The maximum Gasteiger partial charge on any atom is 0.321 e. The third-order valence-corrected chi connectivity index (χ3v) is 5.89. The third kappa shape index (κ3) is 6.50. The topological polar surface area (TPSA) is 104 Å². The SMILES string of the molecule is COCC#Cc1cnc2c(c1)C(=O)N([C@H](C)CO)C[C@@H](C)[C@@H](CN(C)C(=O)Nc1ccccc1F)O2. The number of benzene rings is 1. The van der Waals surface area contributed by atoms with E-state index in [0.29, 0.717) is 5.56 Å². The number of aliphatic hydroxyl groups is 1. The number of urea groups is 1. The van der Waals surface area contributed by atoms with Gasteiger partial charge in [0.25, 0.3) is 5.91 Å². The number of aliphatic hydroxyl groups excluding tert-OH is 1. The highest BCUT2D eigenvalue weighted by molar-refractivity contribution is 5.97. The van der Waals surface area contributed by atoms with E-state index in [1.165, 1.54) is 36.4 Å². The summed E-state index contributed by atoms with van der Waals surface area (Å²) in [6.07, 6.45) is 0.964. The molecule has 2 heterocycles. The zero-order valence-electron chi connectivity index (χ0n) is 20.8. The molecule has 1 aliphatic heterocycles. The summed E-state index contributed by atoms with van der Waals surface area (Å²) in [6.45, 7) is 4.10. The van der Waals surface area contributed by atoms with Gasteiger partial charge in [0, 0.05) is 38.4 Å². The quantitative estimate of drug-likeness (QED) is 0.594. The minimum absolute atomic E-state index is 0.0728. The van der Waals surface area contributed by atoms with Crippen LogP contribution in [0.15, 0.2) is 36.5 Å². The number of likely N-dealkylation sites (N-methyl/N-ethyl adjacent to an activating group) is 1. The average Bonchev–Trinajstić information content (AvgIpc) is 2.87. The normalized spacial score (nSPS) is 18.1. The van der Waals surface area contributed by atoms with Gasteiger partial charge in [0.15, 0.2) is 0 Å². The highest BCUT2D eigenvalue weighted by atomic mass is 19.1. The van der Waals surface area contributed by atoms with E-state index in [0.717, 1.165) is 0 Å². The molecule has 3 atom stereocenters. The number of carbonyl (C=O) groups is 2. The molecule has 0 radical (unpaired) electrons. The lowest BCUT2D eigenvalue weighted by atomic mass is 10.00. The largest absolute Gasteiger partial charge is 0.472 e. The van der Waals surface area contributed by atoms with Crippen molar-refractivity contribution in [3.05, 3.63) is 53.5 Å². The van der Waals surface area contributed by atoms with Crippen LogP contribution >= 0.6 is 0 Å². The lowest BCUT2D eigenvalue weighted by Crippen LogP contribution is -2.50. The lowest BCUT2D eigenvalue weighted by Gasteiger charge is -2.37. The molecule has 9 nitrogen and oxygen atoms in total. The van der Waals surface area contributed by atoms with Gasteiger partial charge in [-0.25, -0.2) is 14.2 Å². The minimum Gasteiger partial charge on any atom is -0.472 e. The van der Waals surface area contributed by atoms with E-state index < -0.39 is 24.0 Å². The number of pyridine rings is 1. The number of nitrogens with one attached hydrogen (secondary N) is 1. The molecule has 0 saturated heterocycles. The van der Waals surface area contributed by atoms with Crippen molar-refractivity contribution in [1.29, 1.82) is 0 Å². The van der Waals surface area contributed by atoms with Crippen molar-refractivity contribution in [1.82, 2.24) is 14.8 Å². The maximum atomic E-state index is 14.0. The van der Waals surface area contributed by atoms with Crippen LogP contribution in [0.2, 0.25) is 0 Å². The molecule has 0 spiro atoms. The van der Waals surface area contributed by atoms with Gasteiger partial charge in [0.05, 0.1) is 24.9 Å². The number of halogens is 1.